The highest BCUT2D eigenvalue weighted by molar-refractivity contribution is 6.30. The number of nitrogens with zero attached hydrogens (tertiary/aromatic N) is 2. The molecule has 0 unspecified atom stereocenters. The van der Waals surface area contributed by atoms with Gasteiger partial charge in [-0.25, -0.2) is 0 Å². The molecular weight excluding hydrogens is 416 g/mol. The second-order valence-electron chi connectivity index (χ2n) is 8.07. The van der Waals surface area contributed by atoms with Crippen LogP contribution < -0.4 is 9.80 Å². The Morgan fingerprint density at radius 1 is 0.781 bits per heavy atom. The van der Waals surface area contributed by atoms with Gasteiger partial charge >= 0.3 is 0 Å². The van der Waals surface area contributed by atoms with Gasteiger partial charge in [0, 0.05) is 17.3 Å². The molecule has 32 heavy (non-hydrogen) atoms. The standard InChI is InChI=1S/C28H23ClN2O/c1-20-11-17-24(18-12-20)31-27(22-13-15-23(29)16-14-22)30(19-21-7-3-2-4-8-21)26-10-6-5-9-25(26)28(31)32/h2-18,27H,19H2,1H3/t27-/m1/s1. The molecule has 0 radical (unpaired) electrons. The van der Waals surface area contributed by atoms with E-state index in [4.69, 9.17) is 11.6 Å². The number of aryl methyl sites for hydroxylation is 1. The van der Waals surface area contributed by atoms with Gasteiger partial charge in [0.2, 0.25) is 0 Å². The van der Waals surface area contributed by atoms with Crippen molar-refractivity contribution in [1.82, 2.24) is 0 Å². The van der Waals surface area contributed by atoms with Crippen molar-refractivity contribution in [3.05, 3.63) is 130 Å². The molecule has 1 aliphatic heterocycles. The predicted octanol–water partition coefficient (Wildman–Crippen LogP) is 7.01. The number of hydrogen-bond donors (Lipinski definition) is 0. The van der Waals surface area contributed by atoms with Crippen LogP contribution in [0.5, 0.6) is 0 Å². The fourth-order valence-electron chi connectivity index (χ4n) is 4.30. The zero-order chi connectivity index (χ0) is 22.1. The zero-order valence-electron chi connectivity index (χ0n) is 17.8. The number of anilines is 2. The van der Waals surface area contributed by atoms with Crippen LogP contribution in [0.2, 0.25) is 5.02 Å². The van der Waals surface area contributed by atoms with Crippen LogP contribution in [-0.2, 0) is 6.54 Å². The first-order valence-electron chi connectivity index (χ1n) is 10.7. The smallest absolute Gasteiger partial charge is 0.262 e. The van der Waals surface area contributed by atoms with Crippen LogP contribution in [-0.4, -0.2) is 5.91 Å². The van der Waals surface area contributed by atoms with Crippen molar-refractivity contribution in [2.75, 3.05) is 9.80 Å². The lowest BCUT2D eigenvalue weighted by Crippen LogP contribution is -2.49. The highest BCUT2D eigenvalue weighted by Gasteiger charge is 2.39. The summed E-state index contributed by atoms with van der Waals surface area (Å²) < 4.78 is 0. The van der Waals surface area contributed by atoms with Gasteiger partial charge < -0.3 is 4.90 Å². The second kappa shape index (κ2) is 8.52. The normalized spacial score (nSPS) is 15.6. The molecule has 4 heteroatoms. The summed E-state index contributed by atoms with van der Waals surface area (Å²) in [5, 5.41) is 0.674. The van der Waals surface area contributed by atoms with Gasteiger partial charge in [-0.1, -0.05) is 83.9 Å². The van der Waals surface area contributed by atoms with Gasteiger partial charge in [0.25, 0.3) is 5.91 Å². The van der Waals surface area contributed by atoms with Crippen LogP contribution in [0.3, 0.4) is 0 Å². The molecule has 0 fully saturated rings. The number of fused-ring (bicyclic) bond motifs is 1. The third kappa shape index (κ3) is 3.76. The maximum Gasteiger partial charge on any atom is 0.262 e. The summed E-state index contributed by atoms with van der Waals surface area (Å²) in [5.74, 6) is -0.00582. The number of rotatable bonds is 4. The van der Waals surface area contributed by atoms with E-state index in [0.717, 1.165) is 22.5 Å². The lowest BCUT2D eigenvalue weighted by atomic mass is 9.99. The highest BCUT2D eigenvalue weighted by Crippen LogP contribution is 2.42. The minimum Gasteiger partial charge on any atom is -0.342 e. The first-order chi connectivity index (χ1) is 15.6. The van der Waals surface area contributed by atoms with Crippen molar-refractivity contribution in [3.63, 3.8) is 0 Å². The molecule has 1 amide bonds. The summed E-state index contributed by atoms with van der Waals surface area (Å²) >= 11 is 6.20. The van der Waals surface area contributed by atoms with Gasteiger partial charge in [-0.05, 0) is 54.4 Å². The fourth-order valence-corrected chi connectivity index (χ4v) is 4.42. The van der Waals surface area contributed by atoms with Crippen LogP contribution in [0.4, 0.5) is 11.4 Å². The predicted molar refractivity (Wildman–Crippen MR) is 131 cm³/mol. The van der Waals surface area contributed by atoms with E-state index in [1.807, 2.05) is 95.9 Å². The fraction of sp³-hybridized carbons (Fsp3) is 0.107. The third-order valence-corrected chi connectivity index (χ3v) is 6.13. The number of para-hydroxylation sites is 1. The van der Waals surface area contributed by atoms with E-state index in [9.17, 15) is 4.79 Å². The van der Waals surface area contributed by atoms with Crippen LogP contribution in [0.25, 0.3) is 0 Å². The Morgan fingerprint density at radius 3 is 2.16 bits per heavy atom. The van der Waals surface area contributed by atoms with Crippen molar-refractivity contribution in [1.29, 1.82) is 0 Å². The van der Waals surface area contributed by atoms with Gasteiger partial charge in [-0.15, -0.1) is 0 Å². The third-order valence-electron chi connectivity index (χ3n) is 5.88. The average Bonchev–Trinajstić information content (AvgIpc) is 2.83. The van der Waals surface area contributed by atoms with E-state index in [0.29, 0.717) is 17.1 Å². The lowest BCUT2D eigenvalue weighted by Gasteiger charge is -2.46. The molecule has 0 saturated carbocycles. The highest BCUT2D eigenvalue weighted by atomic mass is 35.5. The number of carbonyl (C=O) groups is 1. The summed E-state index contributed by atoms with van der Waals surface area (Å²) in [6.45, 7) is 2.72. The molecule has 158 valence electrons. The minimum atomic E-state index is -0.308. The molecule has 4 aromatic rings. The lowest BCUT2D eigenvalue weighted by molar-refractivity contribution is 0.0968. The first kappa shape index (κ1) is 20.3. The molecule has 5 rings (SSSR count). The number of hydrogen-bond acceptors (Lipinski definition) is 2. The van der Waals surface area contributed by atoms with E-state index >= 15 is 0 Å². The second-order valence-corrected chi connectivity index (χ2v) is 8.50. The number of amides is 1. The van der Waals surface area contributed by atoms with E-state index in [2.05, 4.69) is 24.0 Å². The Labute approximate surface area is 193 Å². The van der Waals surface area contributed by atoms with Gasteiger partial charge in [-0.3, -0.25) is 9.69 Å². The van der Waals surface area contributed by atoms with Gasteiger partial charge in [-0.2, -0.15) is 0 Å². The molecule has 0 spiro atoms. The van der Waals surface area contributed by atoms with E-state index in [1.54, 1.807) is 0 Å². The molecule has 0 bridgehead atoms. The Hall–Kier alpha value is -3.56. The first-order valence-corrected chi connectivity index (χ1v) is 11.0. The summed E-state index contributed by atoms with van der Waals surface area (Å²) in [7, 11) is 0. The van der Waals surface area contributed by atoms with Gasteiger partial charge in [0.1, 0.15) is 6.17 Å². The summed E-state index contributed by atoms with van der Waals surface area (Å²) in [4.78, 5) is 18.0. The molecule has 1 heterocycles. The molecule has 3 nitrogen and oxygen atoms in total. The van der Waals surface area contributed by atoms with Crippen molar-refractivity contribution in [3.8, 4) is 0 Å². The molecule has 0 aliphatic carbocycles. The quantitative estimate of drug-likeness (QED) is 0.342. The van der Waals surface area contributed by atoms with Crippen molar-refractivity contribution < 1.29 is 4.79 Å². The number of benzene rings is 4. The van der Waals surface area contributed by atoms with E-state index in [-0.39, 0.29) is 12.1 Å². The van der Waals surface area contributed by atoms with E-state index in [1.165, 1.54) is 5.56 Å². The summed E-state index contributed by atoms with van der Waals surface area (Å²) in [6.07, 6.45) is -0.308. The largest absolute Gasteiger partial charge is 0.342 e. The monoisotopic (exact) mass is 438 g/mol. The Morgan fingerprint density at radius 2 is 1.44 bits per heavy atom. The zero-order valence-corrected chi connectivity index (χ0v) is 18.5. The van der Waals surface area contributed by atoms with Crippen molar-refractivity contribution in [2.45, 2.75) is 19.6 Å². The molecule has 1 aliphatic rings. The number of halogens is 1. The maximum absolute atomic E-state index is 13.8. The van der Waals surface area contributed by atoms with Crippen molar-refractivity contribution >= 4 is 28.9 Å². The molecular formula is C28H23ClN2O. The van der Waals surface area contributed by atoms with E-state index < -0.39 is 0 Å². The summed E-state index contributed by atoms with van der Waals surface area (Å²) in [6, 6.07) is 34.1. The topological polar surface area (TPSA) is 23.6 Å². The Balaban J connectivity index is 1.72. The van der Waals surface area contributed by atoms with Crippen molar-refractivity contribution in [2.24, 2.45) is 0 Å². The molecule has 0 aromatic heterocycles. The Kier molecular flexibility index (Phi) is 5.42. The number of carbonyl (C=O) groups excluding carboxylic acids is 1. The SMILES string of the molecule is Cc1ccc(N2C(=O)c3ccccc3N(Cc3ccccc3)[C@H]2c2ccc(Cl)cc2)cc1. The van der Waals surface area contributed by atoms with Crippen LogP contribution in [0, 0.1) is 6.92 Å². The molecule has 0 saturated heterocycles. The van der Waals surface area contributed by atoms with Crippen LogP contribution >= 0.6 is 11.6 Å². The van der Waals surface area contributed by atoms with Crippen LogP contribution in [0.1, 0.15) is 33.2 Å². The maximum atomic E-state index is 13.8. The molecule has 4 aromatic carbocycles. The molecule has 1 atom stereocenters. The average molecular weight is 439 g/mol. The molecule has 0 N–H and O–H groups in total. The Bertz CT molecular complexity index is 1240. The summed E-state index contributed by atoms with van der Waals surface area (Å²) in [5.41, 5.74) is 5.85. The van der Waals surface area contributed by atoms with Gasteiger partial charge in [0.15, 0.2) is 0 Å². The van der Waals surface area contributed by atoms with Crippen LogP contribution in [0.15, 0.2) is 103 Å². The minimum absolute atomic E-state index is 0.00582. The van der Waals surface area contributed by atoms with Gasteiger partial charge in [0.05, 0.1) is 11.3 Å².